The Balaban J connectivity index is 1.29. The van der Waals surface area contributed by atoms with Gasteiger partial charge in [0.1, 0.15) is 11.6 Å². The van der Waals surface area contributed by atoms with Gasteiger partial charge in [0.15, 0.2) is 0 Å². The zero-order chi connectivity index (χ0) is 18.1. The molecular weight excluding hydrogens is 336 g/mol. The van der Waals surface area contributed by atoms with Crippen molar-refractivity contribution in [2.45, 2.75) is 25.9 Å². The maximum Gasteiger partial charge on any atom is 0.137 e. The molecule has 136 valence electrons. The average Bonchev–Trinajstić information content (AvgIpc) is 3.22. The Morgan fingerprint density at radius 3 is 2.85 bits per heavy atom. The maximum absolute atomic E-state index is 4.45. The summed E-state index contributed by atoms with van der Waals surface area (Å²) in [6.45, 7) is 3.86. The Labute approximate surface area is 157 Å². The van der Waals surface area contributed by atoms with Gasteiger partial charge in [0, 0.05) is 62.6 Å². The van der Waals surface area contributed by atoms with Gasteiger partial charge in [-0.1, -0.05) is 24.3 Å². The molecule has 4 heterocycles. The number of H-pyrrole nitrogens is 1. The van der Waals surface area contributed by atoms with Crippen LogP contribution in [0.25, 0.3) is 10.9 Å². The van der Waals surface area contributed by atoms with Crippen LogP contribution in [-0.2, 0) is 25.9 Å². The van der Waals surface area contributed by atoms with E-state index in [1.165, 1.54) is 22.2 Å². The van der Waals surface area contributed by atoms with E-state index in [1.54, 1.807) is 6.20 Å². The molecule has 27 heavy (non-hydrogen) atoms. The molecule has 0 aliphatic carbocycles. The number of hydrogen-bond donors (Lipinski definition) is 1. The zero-order valence-electron chi connectivity index (χ0n) is 15.2. The Bertz CT molecular complexity index is 1020. The number of aromatic nitrogens is 5. The Morgan fingerprint density at radius 2 is 1.96 bits per heavy atom. The van der Waals surface area contributed by atoms with Crippen molar-refractivity contribution in [3.63, 3.8) is 0 Å². The zero-order valence-corrected chi connectivity index (χ0v) is 15.2. The van der Waals surface area contributed by atoms with Crippen LogP contribution in [-0.4, -0.2) is 42.7 Å². The lowest BCUT2D eigenvalue weighted by Crippen LogP contribution is -2.27. The third kappa shape index (κ3) is 3.36. The minimum absolute atomic E-state index is 0.781. The molecule has 0 amide bonds. The third-order valence-corrected chi connectivity index (χ3v) is 5.26. The molecule has 0 saturated heterocycles. The maximum atomic E-state index is 4.45. The minimum atomic E-state index is 0.781. The number of fused-ring (bicyclic) bond motifs is 2. The number of pyridine rings is 1. The molecule has 6 nitrogen and oxygen atoms in total. The van der Waals surface area contributed by atoms with E-state index in [0.717, 1.165) is 50.7 Å². The van der Waals surface area contributed by atoms with Crippen LogP contribution in [0.5, 0.6) is 0 Å². The highest BCUT2D eigenvalue weighted by Gasteiger charge is 2.19. The molecule has 0 bridgehead atoms. The summed E-state index contributed by atoms with van der Waals surface area (Å²) < 4.78 is 2.29. The Hall–Kier alpha value is -2.99. The van der Waals surface area contributed by atoms with Gasteiger partial charge < -0.3 is 9.55 Å². The van der Waals surface area contributed by atoms with Gasteiger partial charge in [-0.2, -0.15) is 0 Å². The molecule has 0 atom stereocenters. The number of hydrogen-bond acceptors (Lipinski definition) is 4. The van der Waals surface area contributed by atoms with Gasteiger partial charge in [-0.15, -0.1) is 10.2 Å². The van der Waals surface area contributed by atoms with Crippen molar-refractivity contribution in [1.82, 2.24) is 29.6 Å². The van der Waals surface area contributed by atoms with Crippen LogP contribution in [0.3, 0.4) is 0 Å². The predicted octanol–water partition coefficient (Wildman–Crippen LogP) is 2.80. The molecule has 0 spiro atoms. The topological polar surface area (TPSA) is 62.6 Å². The highest BCUT2D eigenvalue weighted by Crippen LogP contribution is 2.18. The van der Waals surface area contributed by atoms with E-state index in [1.807, 2.05) is 12.3 Å². The fraction of sp³-hybridized carbons (Fsp3) is 0.286. The number of rotatable bonds is 4. The van der Waals surface area contributed by atoms with E-state index >= 15 is 0 Å². The monoisotopic (exact) mass is 358 g/mol. The largest absolute Gasteiger partial charge is 0.357 e. The second kappa shape index (κ2) is 6.96. The highest BCUT2D eigenvalue weighted by atomic mass is 15.3. The summed E-state index contributed by atoms with van der Waals surface area (Å²) in [7, 11) is 0. The molecular formula is C21H22N6. The number of benzene rings is 1. The molecule has 0 saturated carbocycles. The van der Waals surface area contributed by atoms with E-state index in [2.05, 4.69) is 66.0 Å². The molecule has 1 N–H and O–H groups in total. The van der Waals surface area contributed by atoms with Crippen molar-refractivity contribution in [2.24, 2.45) is 0 Å². The SMILES string of the molecule is c1cncc(Cc2nnc3n2CCN(Cc2cc4ccccc4[nH]2)CC3)c1. The smallest absolute Gasteiger partial charge is 0.137 e. The summed E-state index contributed by atoms with van der Waals surface area (Å²) in [5.74, 6) is 2.12. The molecule has 0 radical (unpaired) electrons. The first-order chi connectivity index (χ1) is 13.3. The number of nitrogens with one attached hydrogen (secondary N) is 1. The Morgan fingerprint density at radius 1 is 1.00 bits per heavy atom. The van der Waals surface area contributed by atoms with Gasteiger partial charge in [-0.3, -0.25) is 9.88 Å². The van der Waals surface area contributed by atoms with Crippen LogP contribution in [0.4, 0.5) is 0 Å². The van der Waals surface area contributed by atoms with E-state index < -0.39 is 0 Å². The van der Waals surface area contributed by atoms with Crippen LogP contribution < -0.4 is 0 Å². The van der Waals surface area contributed by atoms with Gasteiger partial charge in [-0.05, 0) is 29.1 Å². The number of para-hydroxylation sites is 1. The Kier molecular flexibility index (Phi) is 4.18. The summed E-state index contributed by atoms with van der Waals surface area (Å²) in [6, 6.07) is 14.8. The van der Waals surface area contributed by atoms with Crippen LogP contribution in [0, 0.1) is 0 Å². The van der Waals surface area contributed by atoms with Crippen molar-refractivity contribution in [2.75, 3.05) is 13.1 Å². The molecule has 5 rings (SSSR count). The molecule has 6 heteroatoms. The summed E-state index contributed by atoms with van der Waals surface area (Å²) in [4.78, 5) is 10.2. The van der Waals surface area contributed by atoms with E-state index in [9.17, 15) is 0 Å². The predicted molar refractivity (Wildman–Crippen MR) is 104 cm³/mol. The fourth-order valence-electron chi connectivity index (χ4n) is 3.86. The van der Waals surface area contributed by atoms with Crippen LogP contribution in [0.2, 0.25) is 0 Å². The van der Waals surface area contributed by atoms with Gasteiger partial charge in [0.25, 0.3) is 0 Å². The van der Waals surface area contributed by atoms with Gasteiger partial charge in [0.2, 0.25) is 0 Å². The summed E-state index contributed by atoms with van der Waals surface area (Å²) in [5, 5.41) is 10.2. The van der Waals surface area contributed by atoms with E-state index in [0.29, 0.717) is 0 Å². The fourth-order valence-corrected chi connectivity index (χ4v) is 3.86. The molecule has 0 unspecified atom stereocenters. The second-order valence-electron chi connectivity index (χ2n) is 7.13. The van der Waals surface area contributed by atoms with E-state index in [-0.39, 0.29) is 0 Å². The lowest BCUT2D eigenvalue weighted by molar-refractivity contribution is 0.268. The molecule has 3 aromatic heterocycles. The standard InChI is InChI=1S/C21H22N6/c1-2-6-19-17(5-1)13-18(23-19)15-26-9-7-20-24-25-21(27(20)11-10-26)12-16-4-3-8-22-14-16/h1-6,8,13-14,23H,7,9-12,15H2. The molecule has 1 aliphatic rings. The van der Waals surface area contributed by atoms with Crippen molar-refractivity contribution in [3.05, 3.63) is 77.8 Å². The van der Waals surface area contributed by atoms with Gasteiger partial charge in [0.05, 0.1) is 0 Å². The molecule has 4 aromatic rings. The summed E-state index contributed by atoms with van der Waals surface area (Å²) in [6.07, 6.45) is 5.42. The van der Waals surface area contributed by atoms with Crippen molar-refractivity contribution < 1.29 is 0 Å². The quantitative estimate of drug-likeness (QED) is 0.609. The second-order valence-corrected chi connectivity index (χ2v) is 7.13. The van der Waals surface area contributed by atoms with Gasteiger partial charge >= 0.3 is 0 Å². The van der Waals surface area contributed by atoms with E-state index in [4.69, 9.17) is 0 Å². The lowest BCUT2D eigenvalue weighted by Gasteiger charge is -2.18. The molecule has 1 aliphatic heterocycles. The number of aromatic amines is 1. The number of nitrogens with zero attached hydrogens (tertiary/aromatic N) is 5. The van der Waals surface area contributed by atoms with Gasteiger partial charge in [-0.25, -0.2) is 0 Å². The van der Waals surface area contributed by atoms with Crippen molar-refractivity contribution >= 4 is 10.9 Å². The first-order valence-electron chi connectivity index (χ1n) is 9.44. The lowest BCUT2D eigenvalue weighted by atomic mass is 10.2. The molecule has 1 aromatic carbocycles. The normalized spacial score (nSPS) is 15.0. The van der Waals surface area contributed by atoms with Crippen molar-refractivity contribution in [3.8, 4) is 0 Å². The van der Waals surface area contributed by atoms with Crippen LogP contribution >= 0.6 is 0 Å². The van der Waals surface area contributed by atoms with Crippen molar-refractivity contribution in [1.29, 1.82) is 0 Å². The summed E-state index contributed by atoms with van der Waals surface area (Å²) in [5.41, 5.74) is 3.65. The third-order valence-electron chi connectivity index (χ3n) is 5.26. The first kappa shape index (κ1) is 16.2. The minimum Gasteiger partial charge on any atom is -0.357 e. The molecule has 0 fully saturated rings. The first-order valence-corrected chi connectivity index (χ1v) is 9.44. The summed E-state index contributed by atoms with van der Waals surface area (Å²) >= 11 is 0. The highest BCUT2D eigenvalue weighted by molar-refractivity contribution is 5.80. The average molecular weight is 358 g/mol. The van der Waals surface area contributed by atoms with Crippen LogP contribution in [0.1, 0.15) is 22.9 Å². The van der Waals surface area contributed by atoms with Crippen LogP contribution in [0.15, 0.2) is 54.9 Å².